The second-order valence-electron chi connectivity index (χ2n) is 5.92. The normalized spacial score (nSPS) is 9.72. The SMILES string of the molecule is C/C=C(\C)CNc1ccc(C(=N)N=N)cc1-c1ccccc1.C=CC.C[N+](=O)[O-]. The number of anilines is 1. The van der Waals surface area contributed by atoms with Crippen molar-refractivity contribution in [3.8, 4) is 11.1 Å². The molecule has 0 aromatic heterocycles. The second kappa shape index (κ2) is 14.4. The molecule has 0 spiro atoms. The lowest BCUT2D eigenvalue weighted by atomic mass is 10.00. The number of amidine groups is 1. The van der Waals surface area contributed by atoms with E-state index in [1.54, 1.807) is 6.08 Å². The highest BCUT2D eigenvalue weighted by molar-refractivity contribution is 5.99. The molecule has 0 heterocycles. The Morgan fingerprint density at radius 2 is 1.79 bits per heavy atom. The second-order valence-corrected chi connectivity index (χ2v) is 5.92. The molecule has 2 rings (SSSR count). The first-order valence-corrected chi connectivity index (χ1v) is 8.97. The Hall–Kier alpha value is -3.61. The summed E-state index contributed by atoms with van der Waals surface area (Å²) in [6, 6.07) is 15.7. The van der Waals surface area contributed by atoms with Crippen LogP contribution in [0.15, 0.2) is 77.9 Å². The molecule has 0 saturated carbocycles. The fraction of sp³-hybridized carbons (Fsp3) is 0.227. The summed E-state index contributed by atoms with van der Waals surface area (Å²) in [7, 11) is 0.889. The van der Waals surface area contributed by atoms with Gasteiger partial charge in [0.15, 0.2) is 12.9 Å². The van der Waals surface area contributed by atoms with Crippen molar-refractivity contribution in [2.24, 2.45) is 5.11 Å². The topological polar surface area (TPSA) is 115 Å². The third kappa shape index (κ3) is 10.3. The van der Waals surface area contributed by atoms with E-state index in [4.69, 9.17) is 21.1 Å². The monoisotopic (exact) mass is 395 g/mol. The number of hydrogen-bond acceptors (Lipinski definition) is 5. The molecule has 3 N–H and O–H groups in total. The summed E-state index contributed by atoms with van der Waals surface area (Å²) in [5, 5.41) is 23.2. The fourth-order valence-corrected chi connectivity index (χ4v) is 2.10. The number of hydrogen-bond donors (Lipinski definition) is 3. The van der Waals surface area contributed by atoms with E-state index >= 15 is 0 Å². The van der Waals surface area contributed by atoms with Gasteiger partial charge in [-0.15, -0.1) is 11.7 Å². The van der Waals surface area contributed by atoms with Gasteiger partial charge >= 0.3 is 0 Å². The standard InChI is InChI=1S/C18H20N4.C3H6.CH3NO2/c1-3-13(2)12-21-17-10-9-15(18(19)22-20)11-16(17)14-7-5-4-6-8-14;1-3-2;1-2(3)4/h3-11,19-21H,12H2,1-2H3;3H,1H2,2H3;1H3/b13-3+,19-18?,22-20?;;. The number of nitrogens with one attached hydrogen (secondary N) is 3. The highest BCUT2D eigenvalue weighted by Gasteiger charge is 2.09. The zero-order chi connectivity index (χ0) is 22.2. The Morgan fingerprint density at radius 3 is 2.28 bits per heavy atom. The summed E-state index contributed by atoms with van der Waals surface area (Å²) in [5.41, 5.74) is 12.0. The molecule has 0 radical (unpaired) electrons. The van der Waals surface area contributed by atoms with Gasteiger partial charge in [0, 0.05) is 28.3 Å². The lowest BCUT2D eigenvalue weighted by Gasteiger charge is -2.14. The third-order valence-electron chi connectivity index (χ3n) is 3.54. The van der Waals surface area contributed by atoms with Crippen molar-refractivity contribution in [3.05, 3.63) is 88.5 Å². The summed E-state index contributed by atoms with van der Waals surface area (Å²) in [5.74, 6) is -0.0339. The molecule has 0 atom stereocenters. The van der Waals surface area contributed by atoms with E-state index in [1.807, 2.05) is 62.4 Å². The Balaban J connectivity index is 0.000000975. The van der Waals surface area contributed by atoms with Crippen LogP contribution in [0.4, 0.5) is 5.69 Å². The van der Waals surface area contributed by atoms with Crippen LogP contribution in [0.3, 0.4) is 0 Å². The number of allylic oxidation sites excluding steroid dienone is 2. The van der Waals surface area contributed by atoms with Gasteiger partial charge in [-0.25, -0.2) is 5.53 Å². The fourth-order valence-electron chi connectivity index (χ4n) is 2.10. The first-order valence-electron chi connectivity index (χ1n) is 8.97. The average Bonchev–Trinajstić information content (AvgIpc) is 2.72. The molecular weight excluding hydrogens is 366 g/mol. The van der Waals surface area contributed by atoms with Gasteiger partial charge in [0.2, 0.25) is 0 Å². The molecular formula is C22H29N5O2. The maximum atomic E-state index is 8.81. The summed E-state index contributed by atoms with van der Waals surface area (Å²) in [6.07, 6.45) is 3.83. The van der Waals surface area contributed by atoms with Crippen LogP contribution in [0.2, 0.25) is 0 Å². The van der Waals surface area contributed by atoms with Gasteiger partial charge in [0.05, 0.1) is 0 Å². The first kappa shape index (κ1) is 25.4. The first-order chi connectivity index (χ1) is 13.8. The van der Waals surface area contributed by atoms with Crippen LogP contribution in [-0.4, -0.2) is 24.4 Å². The zero-order valence-corrected chi connectivity index (χ0v) is 17.4. The van der Waals surface area contributed by atoms with Crippen molar-refractivity contribution in [1.29, 1.82) is 10.9 Å². The maximum absolute atomic E-state index is 8.81. The predicted molar refractivity (Wildman–Crippen MR) is 121 cm³/mol. The lowest BCUT2D eigenvalue weighted by Crippen LogP contribution is -2.05. The highest BCUT2D eigenvalue weighted by atomic mass is 16.6. The van der Waals surface area contributed by atoms with E-state index in [1.165, 1.54) is 5.57 Å². The minimum atomic E-state index is -0.500. The molecule has 0 unspecified atom stereocenters. The largest absolute Gasteiger partial charge is 0.381 e. The Kier molecular flexibility index (Phi) is 12.6. The van der Waals surface area contributed by atoms with E-state index in [0.717, 1.165) is 30.4 Å². The lowest BCUT2D eigenvalue weighted by molar-refractivity contribution is -0.445. The molecule has 154 valence electrons. The molecule has 2 aromatic rings. The predicted octanol–water partition coefficient (Wildman–Crippen LogP) is 6.17. The van der Waals surface area contributed by atoms with E-state index in [-0.39, 0.29) is 5.84 Å². The number of nitrogens with zero attached hydrogens (tertiary/aromatic N) is 2. The molecule has 0 aliphatic carbocycles. The molecule has 2 aromatic carbocycles. The van der Waals surface area contributed by atoms with E-state index in [2.05, 4.69) is 30.0 Å². The molecule has 0 amide bonds. The van der Waals surface area contributed by atoms with Crippen molar-refractivity contribution in [2.45, 2.75) is 20.8 Å². The summed E-state index contributed by atoms with van der Waals surface area (Å²) in [4.78, 5) is 8.31. The maximum Gasteiger partial charge on any atom is 0.194 e. The van der Waals surface area contributed by atoms with Crippen LogP contribution in [0.25, 0.3) is 11.1 Å². The number of rotatable bonds is 5. The quantitative estimate of drug-likeness (QED) is 0.140. The molecule has 0 bridgehead atoms. The minimum Gasteiger partial charge on any atom is -0.381 e. The van der Waals surface area contributed by atoms with Gasteiger partial charge in [0.1, 0.15) is 0 Å². The van der Waals surface area contributed by atoms with Crippen molar-refractivity contribution in [3.63, 3.8) is 0 Å². The zero-order valence-electron chi connectivity index (χ0n) is 17.4. The minimum absolute atomic E-state index is 0.0339. The van der Waals surface area contributed by atoms with Crippen LogP contribution < -0.4 is 5.32 Å². The van der Waals surface area contributed by atoms with Gasteiger partial charge in [0.25, 0.3) is 0 Å². The van der Waals surface area contributed by atoms with Crippen molar-refractivity contribution in [2.75, 3.05) is 18.9 Å². The number of benzene rings is 2. The molecule has 29 heavy (non-hydrogen) atoms. The molecule has 7 nitrogen and oxygen atoms in total. The molecule has 0 saturated heterocycles. The van der Waals surface area contributed by atoms with E-state index in [9.17, 15) is 0 Å². The van der Waals surface area contributed by atoms with Crippen LogP contribution >= 0.6 is 0 Å². The third-order valence-corrected chi connectivity index (χ3v) is 3.54. The summed E-state index contributed by atoms with van der Waals surface area (Å²) < 4.78 is 0. The average molecular weight is 396 g/mol. The van der Waals surface area contributed by atoms with Crippen LogP contribution in [0.5, 0.6) is 0 Å². The summed E-state index contributed by atoms with van der Waals surface area (Å²) in [6.45, 7) is 10.1. The van der Waals surface area contributed by atoms with Crippen molar-refractivity contribution in [1.82, 2.24) is 0 Å². The Bertz CT molecular complexity index is 842. The van der Waals surface area contributed by atoms with Gasteiger partial charge in [-0.05, 0) is 44.5 Å². The Morgan fingerprint density at radius 1 is 1.24 bits per heavy atom. The number of nitro groups is 1. The Labute approximate surface area is 172 Å². The van der Waals surface area contributed by atoms with Gasteiger partial charge in [-0.3, -0.25) is 15.5 Å². The van der Waals surface area contributed by atoms with Crippen molar-refractivity contribution >= 4 is 11.5 Å². The molecule has 0 aliphatic heterocycles. The van der Waals surface area contributed by atoms with Gasteiger partial charge in [-0.1, -0.05) is 48.1 Å². The molecule has 0 fully saturated rings. The van der Waals surface area contributed by atoms with Crippen molar-refractivity contribution < 1.29 is 4.92 Å². The molecule has 7 heteroatoms. The summed E-state index contributed by atoms with van der Waals surface area (Å²) >= 11 is 0. The molecule has 0 aliphatic rings. The van der Waals surface area contributed by atoms with Crippen LogP contribution in [-0.2, 0) is 0 Å². The van der Waals surface area contributed by atoms with Crippen LogP contribution in [0.1, 0.15) is 26.3 Å². The van der Waals surface area contributed by atoms with Gasteiger partial charge < -0.3 is 5.32 Å². The van der Waals surface area contributed by atoms with Crippen LogP contribution in [0, 0.1) is 21.1 Å². The smallest absolute Gasteiger partial charge is 0.194 e. The highest BCUT2D eigenvalue weighted by Crippen LogP contribution is 2.29. The van der Waals surface area contributed by atoms with Gasteiger partial charge in [-0.2, -0.15) is 0 Å². The van der Waals surface area contributed by atoms with E-state index in [0.29, 0.717) is 5.56 Å². The van der Waals surface area contributed by atoms with E-state index < -0.39 is 4.92 Å².